The van der Waals surface area contributed by atoms with Gasteiger partial charge < -0.3 is 9.84 Å². The van der Waals surface area contributed by atoms with E-state index in [9.17, 15) is 23.1 Å². The second-order valence-electron chi connectivity index (χ2n) is 5.62. The summed E-state index contributed by atoms with van der Waals surface area (Å²) in [7, 11) is 1.42. The van der Waals surface area contributed by atoms with Gasteiger partial charge in [0.2, 0.25) is 0 Å². The first-order chi connectivity index (χ1) is 12.3. The maximum Gasteiger partial charge on any atom is 0.438 e. The van der Waals surface area contributed by atoms with Gasteiger partial charge in [-0.3, -0.25) is 9.78 Å². The number of carbonyl (C=O) groups is 1. The normalized spacial score (nSPS) is 20.0. The van der Waals surface area contributed by atoms with E-state index in [0.29, 0.717) is 11.3 Å². The highest BCUT2D eigenvalue weighted by atomic mass is 19.4. The third kappa shape index (κ3) is 3.01. The van der Waals surface area contributed by atoms with Crippen LogP contribution in [0, 0.1) is 0 Å². The summed E-state index contributed by atoms with van der Waals surface area (Å²) in [6.45, 7) is 0. The molecule has 9 heteroatoms. The van der Waals surface area contributed by atoms with Crippen molar-refractivity contribution in [1.29, 1.82) is 0 Å². The van der Waals surface area contributed by atoms with E-state index in [1.165, 1.54) is 43.8 Å². The number of hydrogen-bond acceptors (Lipinski definition) is 5. The van der Waals surface area contributed by atoms with Gasteiger partial charge >= 0.3 is 6.18 Å². The van der Waals surface area contributed by atoms with Gasteiger partial charge in [-0.1, -0.05) is 12.1 Å². The second kappa shape index (κ2) is 6.41. The summed E-state index contributed by atoms with van der Waals surface area (Å²) in [6, 6.07) is 8.70. The molecule has 0 fully saturated rings. The number of aliphatic hydroxyl groups is 1. The molecule has 0 saturated carbocycles. The molecule has 0 saturated heterocycles. The number of pyridine rings is 1. The molecule has 26 heavy (non-hydrogen) atoms. The highest BCUT2D eigenvalue weighted by Gasteiger charge is 2.63. The summed E-state index contributed by atoms with van der Waals surface area (Å²) in [5.74, 6) is -0.662. The van der Waals surface area contributed by atoms with Crippen molar-refractivity contribution in [3.63, 3.8) is 0 Å². The summed E-state index contributed by atoms with van der Waals surface area (Å²) in [5, 5.41) is 14.2. The maximum atomic E-state index is 13.6. The Kier molecular flexibility index (Phi) is 4.41. The molecule has 0 spiro atoms. The van der Waals surface area contributed by atoms with Crippen LogP contribution < -0.4 is 4.74 Å². The Balaban J connectivity index is 2.05. The zero-order valence-electron chi connectivity index (χ0n) is 13.6. The third-order valence-corrected chi connectivity index (χ3v) is 3.96. The highest BCUT2D eigenvalue weighted by Crippen LogP contribution is 2.42. The topological polar surface area (TPSA) is 75.0 Å². The van der Waals surface area contributed by atoms with Crippen molar-refractivity contribution < 1.29 is 27.8 Å². The molecular weight excluding hydrogens is 351 g/mol. The van der Waals surface area contributed by atoms with Crippen LogP contribution in [0.25, 0.3) is 0 Å². The molecule has 1 aliphatic rings. The third-order valence-electron chi connectivity index (χ3n) is 3.96. The van der Waals surface area contributed by atoms with Gasteiger partial charge in [-0.2, -0.15) is 23.3 Å². The fourth-order valence-electron chi connectivity index (χ4n) is 2.56. The van der Waals surface area contributed by atoms with Gasteiger partial charge in [0.05, 0.1) is 19.2 Å². The minimum Gasteiger partial charge on any atom is -0.497 e. The molecule has 2 heterocycles. The predicted octanol–water partition coefficient (Wildman–Crippen LogP) is 2.59. The number of aromatic nitrogens is 1. The number of carbonyl (C=O) groups excluding carboxylic acids is 1. The van der Waals surface area contributed by atoms with Crippen molar-refractivity contribution in [2.24, 2.45) is 5.10 Å². The highest BCUT2D eigenvalue weighted by molar-refractivity contribution is 6.05. The molecule has 0 bridgehead atoms. The van der Waals surface area contributed by atoms with Crippen molar-refractivity contribution in [3.8, 4) is 5.75 Å². The number of hydrazone groups is 1. The van der Waals surface area contributed by atoms with Gasteiger partial charge in [0.25, 0.3) is 11.6 Å². The van der Waals surface area contributed by atoms with Crippen molar-refractivity contribution >= 4 is 11.6 Å². The van der Waals surface area contributed by atoms with Crippen LogP contribution >= 0.6 is 0 Å². The lowest BCUT2D eigenvalue weighted by Gasteiger charge is -2.32. The average molecular weight is 365 g/mol. The first kappa shape index (κ1) is 17.9. The zero-order chi connectivity index (χ0) is 18.9. The molecule has 3 rings (SSSR count). The lowest BCUT2D eigenvalue weighted by Crippen LogP contribution is -2.56. The van der Waals surface area contributed by atoms with Crippen LogP contribution in [0.4, 0.5) is 13.2 Å². The summed E-state index contributed by atoms with van der Waals surface area (Å²) >= 11 is 0. The molecule has 0 radical (unpaired) electrons. The maximum absolute atomic E-state index is 13.6. The fraction of sp³-hybridized carbons (Fsp3) is 0.235. The Morgan fingerprint density at radius 2 is 1.96 bits per heavy atom. The SMILES string of the molecule is COc1cccc(C2=NN(C(=O)c3ccncc3)[C@](O)(C(F)(F)F)C2)c1. The van der Waals surface area contributed by atoms with E-state index < -0.39 is 24.2 Å². The van der Waals surface area contributed by atoms with Crippen LogP contribution in [-0.2, 0) is 0 Å². The number of alkyl halides is 3. The number of benzene rings is 1. The Bertz CT molecular complexity index is 855. The monoisotopic (exact) mass is 365 g/mol. The van der Waals surface area contributed by atoms with Crippen LogP contribution in [0.5, 0.6) is 5.75 Å². The van der Waals surface area contributed by atoms with E-state index in [0.717, 1.165) is 0 Å². The molecule has 1 atom stereocenters. The van der Waals surface area contributed by atoms with Crippen molar-refractivity contribution in [1.82, 2.24) is 9.99 Å². The smallest absolute Gasteiger partial charge is 0.438 e. The minimum atomic E-state index is -5.10. The molecule has 136 valence electrons. The number of amides is 1. The lowest BCUT2D eigenvalue weighted by molar-refractivity contribution is -0.297. The van der Waals surface area contributed by atoms with Gasteiger partial charge in [-0.05, 0) is 24.3 Å². The molecular formula is C17H14F3N3O3. The Morgan fingerprint density at radius 3 is 2.58 bits per heavy atom. The molecule has 1 aliphatic heterocycles. The van der Waals surface area contributed by atoms with Gasteiger partial charge in [-0.15, -0.1) is 0 Å². The first-order valence-corrected chi connectivity index (χ1v) is 7.52. The number of methoxy groups -OCH3 is 1. The standard InChI is InChI=1S/C17H14F3N3O3/c1-26-13-4-2-3-12(9-13)14-10-16(25,17(18,19)20)23(22-14)15(24)11-5-7-21-8-6-11/h2-9,25H,10H2,1H3/t16-/m1/s1. The van der Waals surface area contributed by atoms with Gasteiger partial charge in [0, 0.05) is 23.5 Å². The number of hydrogen-bond donors (Lipinski definition) is 1. The summed E-state index contributed by atoms with van der Waals surface area (Å²) in [5.41, 5.74) is -3.27. The average Bonchev–Trinajstić information content (AvgIpc) is 3.01. The molecule has 0 aliphatic carbocycles. The van der Waals surface area contributed by atoms with E-state index in [1.807, 2.05) is 0 Å². The Labute approximate surface area is 146 Å². The van der Waals surface area contributed by atoms with E-state index in [4.69, 9.17) is 4.74 Å². The largest absolute Gasteiger partial charge is 0.497 e. The van der Waals surface area contributed by atoms with E-state index in [-0.39, 0.29) is 16.3 Å². The van der Waals surface area contributed by atoms with E-state index in [2.05, 4.69) is 10.1 Å². The molecule has 6 nitrogen and oxygen atoms in total. The summed E-state index contributed by atoms with van der Waals surface area (Å²) in [4.78, 5) is 16.2. The van der Waals surface area contributed by atoms with E-state index >= 15 is 0 Å². The van der Waals surface area contributed by atoms with Crippen LogP contribution in [0.1, 0.15) is 22.3 Å². The van der Waals surface area contributed by atoms with Crippen molar-refractivity contribution in [3.05, 3.63) is 59.9 Å². The molecule has 1 aromatic carbocycles. The zero-order valence-corrected chi connectivity index (χ0v) is 13.6. The van der Waals surface area contributed by atoms with Crippen LogP contribution in [0.3, 0.4) is 0 Å². The number of halogens is 3. The Hall–Kier alpha value is -2.94. The van der Waals surface area contributed by atoms with Gasteiger partial charge in [-0.25, -0.2) is 0 Å². The van der Waals surface area contributed by atoms with Crippen LogP contribution in [0.2, 0.25) is 0 Å². The summed E-state index contributed by atoms with van der Waals surface area (Å²) in [6.07, 6.45) is -3.45. The second-order valence-corrected chi connectivity index (χ2v) is 5.62. The number of nitrogens with zero attached hydrogens (tertiary/aromatic N) is 3. The molecule has 1 amide bonds. The number of rotatable bonds is 3. The number of ether oxygens (including phenoxy) is 1. The van der Waals surface area contributed by atoms with Crippen LogP contribution in [0.15, 0.2) is 53.9 Å². The molecule has 1 N–H and O–H groups in total. The molecule has 1 aromatic heterocycles. The van der Waals surface area contributed by atoms with Crippen molar-refractivity contribution in [2.75, 3.05) is 7.11 Å². The minimum absolute atomic E-state index is 0.0710. The summed E-state index contributed by atoms with van der Waals surface area (Å²) < 4.78 is 45.7. The Morgan fingerprint density at radius 1 is 1.27 bits per heavy atom. The van der Waals surface area contributed by atoms with Gasteiger partial charge in [0.1, 0.15) is 5.75 Å². The molecule has 0 unspecified atom stereocenters. The lowest BCUT2D eigenvalue weighted by atomic mass is 10.0. The van der Waals surface area contributed by atoms with Crippen molar-refractivity contribution in [2.45, 2.75) is 18.3 Å². The molecule has 2 aromatic rings. The van der Waals surface area contributed by atoms with Gasteiger partial charge in [0.15, 0.2) is 0 Å². The first-order valence-electron chi connectivity index (χ1n) is 7.52. The fourth-order valence-corrected chi connectivity index (χ4v) is 2.56. The quantitative estimate of drug-likeness (QED) is 0.907. The van der Waals surface area contributed by atoms with E-state index in [1.54, 1.807) is 12.1 Å². The predicted molar refractivity (Wildman–Crippen MR) is 85.6 cm³/mol. The van der Waals surface area contributed by atoms with Crippen LogP contribution in [-0.4, -0.2) is 45.7 Å².